The summed E-state index contributed by atoms with van der Waals surface area (Å²) in [4.78, 5) is 10.7. The molecule has 9 aromatic rings. The molecule has 6 heteroatoms. The monoisotopic (exact) mass is 817 g/mol. The number of aromatic nitrogens is 3. The van der Waals surface area contributed by atoms with E-state index in [2.05, 4.69) is 109 Å². The molecular formula is C42H28N3OPtS-. The molecule has 48 heavy (non-hydrogen) atoms. The third-order valence-electron chi connectivity index (χ3n) is 9.08. The molecule has 0 aliphatic carbocycles. The maximum Gasteiger partial charge on any atom is 0.125 e. The zero-order valence-corrected chi connectivity index (χ0v) is 29.2. The normalized spacial score (nSPS) is 11.5. The van der Waals surface area contributed by atoms with Crippen LogP contribution in [0.25, 0.3) is 81.6 Å². The molecule has 234 valence electrons. The molecule has 0 saturated heterocycles. The van der Waals surface area contributed by atoms with Gasteiger partial charge >= 0.3 is 0 Å². The van der Waals surface area contributed by atoms with Gasteiger partial charge in [-0.2, -0.15) is 0 Å². The second-order valence-corrected chi connectivity index (χ2v) is 13.0. The van der Waals surface area contributed by atoms with Crippen LogP contribution in [-0.2, 0) is 21.1 Å². The van der Waals surface area contributed by atoms with Crippen LogP contribution in [0.2, 0.25) is 0 Å². The second-order valence-electron chi connectivity index (χ2n) is 12.0. The fraction of sp³-hybridized carbons (Fsp3) is 0.0476. The molecule has 0 saturated carbocycles. The van der Waals surface area contributed by atoms with Crippen molar-refractivity contribution in [3.63, 3.8) is 0 Å². The average Bonchev–Trinajstić information content (AvgIpc) is 3.68. The van der Waals surface area contributed by atoms with Gasteiger partial charge < -0.3 is 9.67 Å². The maximum atomic E-state index is 11.1. The van der Waals surface area contributed by atoms with Gasteiger partial charge in [-0.3, -0.25) is 4.98 Å². The molecular weight excluding hydrogens is 790 g/mol. The largest absolute Gasteiger partial charge is 0.507 e. The minimum Gasteiger partial charge on any atom is -0.507 e. The molecule has 0 atom stereocenters. The van der Waals surface area contributed by atoms with Crippen molar-refractivity contribution in [2.75, 3.05) is 0 Å². The molecule has 0 unspecified atom stereocenters. The molecule has 1 N–H and O–H groups in total. The van der Waals surface area contributed by atoms with Gasteiger partial charge in [0.05, 0.1) is 32.9 Å². The number of para-hydroxylation sites is 3. The quantitative estimate of drug-likeness (QED) is 0.180. The van der Waals surface area contributed by atoms with Gasteiger partial charge in [0.25, 0.3) is 0 Å². The zero-order chi connectivity index (χ0) is 31.6. The minimum absolute atomic E-state index is 0. The molecule has 0 spiro atoms. The van der Waals surface area contributed by atoms with E-state index in [1.165, 1.54) is 32.0 Å². The van der Waals surface area contributed by atoms with Crippen LogP contribution < -0.4 is 0 Å². The Kier molecular flexibility index (Phi) is 7.47. The Morgan fingerprint density at radius 3 is 2.23 bits per heavy atom. The Bertz CT molecular complexity index is 2660. The smallest absolute Gasteiger partial charge is 0.125 e. The molecule has 0 fully saturated rings. The van der Waals surface area contributed by atoms with Crippen molar-refractivity contribution >= 4 is 53.3 Å². The van der Waals surface area contributed by atoms with Crippen LogP contribution in [-0.4, -0.2) is 19.6 Å². The first-order chi connectivity index (χ1) is 23.1. The average molecular weight is 818 g/mol. The Hall–Kier alpha value is -5.09. The van der Waals surface area contributed by atoms with Gasteiger partial charge in [-0.05, 0) is 60.0 Å². The number of hydrogen-bond acceptors (Lipinski definition) is 4. The van der Waals surface area contributed by atoms with E-state index in [-0.39, 0.29) is 26.8 Å². The summed E-state index contributed by atoms with van der Waals surface area (Å²) in [6, 6.07) is 46.8. The van der Waals surface area contributed by atoms with E-state index in [9.17, 15) is 5.11 Å². The van der Waals surface area contributed by atoms with Crippen molar-refractivity contribution in [1.29, 1.82) is 0 Å². The molecule has 0 amide bonds. The molecule has 6 aromatic carbocycles. The fourth-order valence-corrected chi connectivity index (χ4v) is 8.22. The van der Waals surface area contributed by atoms with Crippen molar-refractivity contribution in [2.45, 2.75) is 13.8 Å². The summed E-state index contributed by atoms with van der Waals surface area (Å²) in [7, 11) is 0. The number of aromatic hydroxyl groups is 1. The molecule has 4 nitrogen and oxygen atoms in total. The van der Waals surface area contributed by atoms with E-state index >= 15 is 0 Å². The zero-order valence-electron chi connectivity index (χ0n) is 26.1. The van der Waals surface area contributed by atoms with E-state index in [4.69, 9.17) is 9.97 Å². The van der Waals surface area contributed by atoms with Gasteiger partial charge in [-0.25, -0.2) is 4.98 Å². The van der Waals surface area contributed by atoms with Crippen LogP contribution in [0.3, 0.4) is 0 Å². The summed E-state index contributed by atoms with van der Waals surface area (Å²) in [5.41, 5.74) is 9.47. The van der Waals surface area contributed by atoms with Crippen molar-refractivity contribution in [1.82, 2.24) is 14.5 Å². The van der Waals surface area contributed by atoms with Gasteiger partial charge in [-0.15, -0.1) is 47.2 Å². The standard InChI is InChI=1S/C42H28N3OS.Pt/c1-25-12-10-13-26(2)39(25)45-35-20-11-19-31(37(35)44-42(45)28-15-4-3-5-16-28)34-24-33-30-23-22-27-14-6-7-17-29(27)40(30)47-41(33)38(43-34)32-18-8-9-21-36(32)46;/h3-15,17-24,46H,1-2H3;/q-1;. The van der Waals surface area contributed by atoms with Crippen molar-refractivity contribution in [3.8, 4) is 45.3 Å². The fourth-order valence-electron chi connectivity index (χ4n) is 6.90. The number of imidazole rings is 1. The van der Waals surface area contributed by atoms with Crippen LogP contribution >= 0.6 is 11.3 Å². The van der Waals surface area contributed by atoms with Crippen LogP contribution in [0, 0.1) is 19.9 Å². The third-order valence-corrected chi connectivity index (χ3v) is 10.3. The number of nitrogens with zero attached hydrogens (tertiary/aromatic N) is 3. The third kappa shape index (κ3) is 4.69. The Morgan fingerprint density at radius 1 is 0.667 bits per heavy atom. The summed E-state index contributed by atoms with van der Waals surface area (Å²) in [5.74, 6) is 1.04. The molecule has 0 radical (unpaired) electrons. The summed E-state index contributed by atoms with van der Waals surface area (Å²) < 4.78 is 4.53. The number of hydrogen-bond donors (Lipinski definition) is 1. The van der Waals surface area contributed by atoms with E-state index in [0.717, 1.165) is 55.1 Å². The number of phenolic OH excluding ortho intramolecular Hbond substituents is 1. The van der Waals surface area contributed by atoms with E-state index < -0.39 is 0 Å². The molecule has 3 aromatic heterocycles. The number of thiophene rings is 1. The number of phenols is 1. The summed E-state index contributed by atoms with van der Waals surface area (Å²) in [6.45, 7) is 4.30. The van der Waals surface area contributed by atoms with Gasteiger partial charge in [0.1, 0.15) is 5.75 Å². The van der Waals surface area contributed by atoms with Gasteiger partial charge in [0.2, 0.25) is 0 Å². The first kappa shape index (κ1) is 30.3. The Morgan fingerprint density at radius 2 is 1.42 bits per heavy atom. The number of rotatable bonds is 4. The molecule has 3 heterocycles. The SMILES string of the molecule is Cc1cccc(C)c1-n1c(-c2[c-]cccc2)nc2c(-c3cc4c(sc5c6ccccc6ccc45)c(-c4ccccc4O)n3)cccc21.[Pt]. The Balaban J connectivity index is 0.00000336. The van der Waals surface area contributed by atoms with Crippen molar-refractivity contribution in [3.05, 3.63) is 145 Å². The van der Waals surface area contributed by atoms with Crippen LogP contribution in [0.5, 0.6) is 5.75 Å². The molecule has 9 rings (SSSR count). The molecule has 0 bridgehead atoms. The van der Waals surface area contributed by atoms with Gasteiger partial charge in [-0.1, -0.05) is 78.9 Å². The first-order valence-corrected chi connectivity index (χ1v) is 16.5. The van der Waals surface area contributed by atoms with Gasteiger partial charge in [0.15, 0.2) is 0 Å². The number of benzene rings is 6. The van der Waals surface area contributed by atoms with Crippen LogP contribution in [0.1, 0.15) is 11.1 Å². The second kappa shape index (κ2) is 11.9. The number of aryl methyl sites for hydroxylation is 2. The predicted octanol–water partition coefficient (Wildman–Crippen LogP) is 11.1. The van der Waals surface area contributed by atoms with E-state index in [0.29, 0.717) is 5.56 Å². The predicted molar refractivity (Wildman–Crippen MR) is 196 cm³/mol. The molecule has 0 aliphatic heterocycles. The van der Waals surface area contributed by atoms with Crippen molar-refractivity contribution in [2.24, 2.45) is 0 Å². The Labute approximate surface area is 296 Å². The first-order valence-electron chi connectivity index (χ1n) is 15.7. The molecule has 0 aliphatic rings. The number of fused-ring (bicyclic) bond motifs is 6. The summed E-state index contributed by atoms with van der Waals surface area (Å²) in [6.07, 6.45) is 0. The minimum atomic E-state index is 0. The van der Waals surface area contributed by atoms with E-state index in [1.807, 2.05) is 36.4 Å². The topological polar surface area (TPSA) is 50.9 Å². The number of pyridine rings is 1. The van der Waals surface area contributed by atoms with Crippen LogP contribution in [0.15, 0.2) is 127 Å². The maximum absolute atomic E-state index is 11.1. The van der Waals surface area contributed by atoms with Gasteiger partial charge in [0, 0.05) is 53.4 Å². The van der Waals surface area contributed by atoms with Crippen molar-refractivity contribution < 1.29 is 26.2 Å². The van der Waals surface area contributed by atoms with Crippen LogP contribution in [0.4, 0.5) is 0 Å². The summed E-state index contributed by atoms with van der Waals surface area (Å²) >= 11 is 1.74. The van der Waals surface area contributed by atoms with E-state index in [1.54, 1.807) is 17.4 Å². The summed E-state index contributed by atoms with van der Waals surface area (Å²) in [5, 5.41) is 15.8.